The quantitative estimate of drug-likeness (QED) is 0.717. The maximum Gasteiger partial charge on any atom is 0.162 e. The van der Waals surface area contributed by atoms with E-state index in [1.54, 1.807) is 4.42 Å². The van der Waals surface area contributed by atoms with E-state index in [4.69, 9.17) is 16.8 Å². The molecule has 0 radical (unpaired) electrons. The minimum absolute atomic E-state index is 0.0950. The first-order valence-electron chi connectivity index (χ1n) is 8.50. The van der Waals surface area contributed by atoms with Crippen LogP contribution < -0.4 is 10.0 Å². The molecule has 4 heterocycles. The highest BCUT2D eigenvalue weighted by atomic mass is 35.5. The molecule has 0 saturated heterocycles. The molecule has 3 aliphatic rings. The molecule has 0 atom stereocenters. The summed E-state index contributed by atoms with van der Waals surface area (Å²) in [6.45, 7) is 7.48. The smallest absolute Gasteiger partial charge is 0.162 e. The van der Waals surface area contributed by atoms with Crippen LogP contribution in [-0.2, 0) is 5.41 Å². The van der Waals surface area contributed by atoms with Gasteiger partial charge in [-0.1, -0.05) is 32.9 Å². The van der Waals surface area contributed by atoms with E-state index in [1.807, 2.05) is 34.4 Å². The molecule has 0 spiro atoms. The van der Waals surface area contributed by atoms with Crippen molar-refractivity contribution in [2.24, 2.45) is 4.99 Å². The molecule has 0 amide bonds. The van der Waals surface area contributed by atoms with Crippen molar-refractivity contribution in [3.63, 3.8) is 0 Å². The van der Waals surface area contributed by atoms with E-state index in [2.05, 4.69) is 53.1 Å². The number of anilines is 1. The molecule has 1 aromatic carbocycles. The van der Waals surface area contributed by atoms with Gasteiger partial charge in [0.15, 0.2) is 18.3 Å². The van der Waals surface area contributed by atoms with Crippen molar-refractivity contribution < 1.29 is 0 Å². The van der Waals surface area contributed by atoms with Crippen molar-refractivity contribution in [3.05, 3.63) is 53.7 Å². The standard InChI is InChI=1S/C17H19ClN8/c1-17(2,3)14-8-20-21-26(14)24-10-19-16-12-6-4-5-7-13(12)23-11-22(18)9-15(23)25(16)24/h4-9H,10-11H2,1-3H3. The Bertz CT molecular complexity index is 940. The third-order valence-corrected chi connectivity index (χ3v) is 4.96. The Hall–Kier alpha value is -2.74. The fourth-order valence-corrected chi connectivity index (χ4v) is 3.74. The molecule has 1 aromatic heterocycles. The predicted molar refractivity (Wildman–Crippen MR) is 99.7 cm³/mol. The van der Waals surface area contributed by atoms with E-state index in [1.165, 1.54) is 0 Å². The maximum absolute atomic E-state index is 6.32. The number of fused-ring (bicyclic) bond motifs is 6. The van der Waals surface area contributed by atoms with Gasteiger partial charge in [-0.15, -0.1) is 9.89 Å². The van der Waals surface area contributed by atoms with Crippen molar-refractivity contribution >= 4 is 23.3 Å². The molecule has 0 N–H and O–H groups in total. The van der Waals surface area contributed by atoms with Crippen molar-refractivity contribution in [3.8, 4) is 0 Å². The van der Waals surface area contributed by atoms with Crippen LogP contribution in [-0.4, -0.2) is 43.7 Å². The number of aromatic nitrogens is 3. The van der Waals surface area contributed by atoms with Crippen LogP contribution in [0.1, 0.15) is 32.0 Å². The topological polar surface area (TPSA) is 56.0 Å². The lowest BCUT2D eigenvalue weighted by Crippen LogP contribution is -2.54. The van der Waals surface area contributed by atoms with E-state index in [0.717, 1.165) is 28.6 Å². The third kappa shape index (κ3) is 2.05. The van der Waals surface area contributed by atoms with Crippen molar-refractivity contribution in [2.45, 2.75) is 26.2 Å². The Kier molecular flexibility index (Phi) is 3.06. The Morgan fingerprint density at radius 3 is 2.77 bits per heavy atom. The number of halogens is 1. The average molecular weight is 371 g/mol. The number of hydrogen-bond donors (Lipinski definition) is 0. The van der Waals surface area contributed by atoms with Crippen molar-refractivity contribution in [1.82, 2.24) is 24.5 Å². The maximum atomic E-state index is 6.32. The lowest BCUT2D eigenvalue weighted by molar-refractivity contribution is 0.325. The summed E-state index contributed by atoms with van der Waals surface area (Å²) in [6.07, 6.45) is 3.73. The van der Waals surface area contributed by atoms with Crippen LogP contribution in [0.3, 0.4) is 0 Å². The molecule has 3 aliphatic heterocycles. The van der Waals surface area contributed by atoms with Gasteiger partial charge < -0.3 is 4.90 Å². The second-order valence-corrected chi connectivity index (χ2v) is 7.97. The minimum atomic E-state index is -0.0950. The Balaban J connectivity index is 1.65. The van der Waals surface area contributed by atoms with Crippen LogP contribution in [0.15, 0.2) is 47.5 Å². The molecule has 0 unspecified atom stereocenters. The van der Waals surface area contributed by atoms with Crippen molar-refractivity contribution in [1.29, 1.82) is 0 Å². The van der Waals surface area contributed by atoms with E-state index in [9.17, 15) is 0 Å². The average Bonchev–Trinajstić information content (AvgIpc) is 3.30. The van der Waals surface area contributed by atoms with E-state index in [0.29, 0.717) is 13.3 Å². The van der Waals surface area contributed by atoms with E-state index in [-0.39, 0.29) is 5.41 Å². The SMILES string of the molecule is CC(C)(C)c1cnnn1N1CN=C2c3ccccc3N3CN(Cl)C=C3N21. The molecule has 2 aromatic rings. The predicted octanol–water partition coefficient (Wildman–Crippen LogP) is 2.19. The van der Waals surface area contributed by atoms with Crippen LogP contribution in [0.5, 0.6) is 0 Å². The molecule has 134 valence electrons. The summed E-state index contributed by atoms with van der Waals surface area (Å²) in [4.78, 5) is 8.80. The van der Waals surface area contributed by atoms with Gasteiger partial charge >= 0.3 is 0 Å². The summed E-state index contributed by atoms with van der Waals surface area (Å²) in [7, 11) is 0. The summed E-state index contributed by atoms with van der Waals surface area (Å²) in [5, 5.41) is 12.5. The van der Waals surface area contributed by atoms with Gasteiger partial charge in [-0.2, -0.15) is 10.1 Å². The van der Waals surface area contributed by atoms with Gasteiger partial charge in [0.25, 0.3) is 0 Å². The fourth-order valence-electron chi connectivity index (χ4n) is 3.54. The number of hydrazine groups is 1. The van der Waals surface area contributed by atoms with Gasteiger partial charge in [0, 0.05) is 22.8 Å². The lowest BCUT2D eigenvalue weighted by Gasteiger charge is -2.40. The van der Waals surface area contributed by atoms with E-state index >= 15 is 0 Å². The number of rotatable bonds is 1. The second-order valence-electron chi connectivity index (χ2n) is 7.54. The normalized spacial score (nSPS) is 18.6. The highest BCUT2D eigenvalue weighted by molar-refractivity contribution is 6.15. The minimum Gasteiger partial charge on any atom is -0.305 e. The molecular weight excluding hydrogens is 352 g/mol. The summed E-state index contributed by atoms with van der Waals surface area (Å²) < 4.78 is 1.65. The molecule has 0 fully saturated rings. The van der Waals surface area contributed by atoms with Crippen molar-refractivity contribution in [2.75, 3.05) is 23.4 Å². The molecule has 0 saturated carbocycles. The number of aliphatic imine (C=N–C) groups is 1. The molecule has 0 aliphatic carbocycles. The fraction of sp³-hybridized carbons (Fsp3) is 0.353. The van der Waals surface area contributed by atoms with Gasteiger partial charge in [0.2, 0.25) is 0 Å². The third-order valence-electron chi connectivity index (χ3n) is 4.76. The van der Waals surface area contributed by atoms with Crippen LogP contribution >= 0.6 is 11.8 Å². The first-order chi connectivity index (χ1) is 12.4. The summed E-state index contributed by atoms with van der Waals surface area (Å²) in [6, 6.07) is 8.25. The zero-order valence-corrected chi connectivity index (χ0v) is 15.6. The lowest BCUT2D eigenvalue weighted by atomic mass is 9.93. The Labute approximate surface area is 156 Å². The van der Waals surface area contributed by atoms with Crippen LogP contribution in [0.4, 0.5) is 5.69 Å². The van der Waals surface area contributed by atoms with Gasteiger partial charge in [-0.3, -0.25) is 4.42 Å². The number of para-hydroxylation sites is 1. The number of amidine groups is 1. The summed E-state index contributed by atoms with van der Waals surface area (Å²) in [5.74, 6) is 1.84. The number of hydrogen-bond acceptors (Lipinski definition) is 7. The number of nitrogens with zero attached hydrogens (tertiary/aromatic N) is 8. The molecule has 5 rings (SSSR count). The molecule has 9 heteroatoms. The second kappa shape index (κ2) is 5.14. The van der Waals surface area contributed by atoms with Gasteiger partial charge in [0.1, 0.15) is 6.67 Å². The first-order valence-corrected chi connectivity index (χ1v) is 8.83. The summed E-state index contributed by atoms with van der Waals surface area (Å²) >= 11 is 6.32. The molecular formula is C17H19ClN8. The van der Waals surface area contributed by atoms with E-state index < -0.39 is 0 Å². The zero-order valence-electron chi connectivity index (χ0n) is 14.8. The molecule has 26 heavy (non-hydrogen) atoms. The largest absolute Gasteiger partial charge is 0.305 e. The number of benzene rings is 1. The highest BCUT2D eigenvalue weighted by Gasteiger charge is 2.43. The Morgan fingerprint density at radius 1 is 1.15 bits per heavy atom. The summed E-state index contributed by atoms with van der Waals surface area (Å²) in [5.41, 5.74) is 3.10. The van der Waals surface area contributed by atoms with Gasteiger partial charge in [-0.05, 0) is 17.3 Å². The highest BCUT2D eigenvalue weighted by Crippen LogP contribution is 2.39. The zero-order chi connectivity index (χ0) is 18.1. The first kappa shape index (κ1) is 15.5. The van der Waals surface area contributed by atoms with Gasteiger partial charge in [-0.25, -0.2) is 4.99 Å². The van der Waals surface area contributed by atoms with Gasteiger partial charge in [0.05, 0.1) is 23.8 Å². The Morgan fingerprint density at radius 2 is 1.96 bits per heavy atom. The van der Waals surface area contributed by atoms with Crippen LogP contribution in [0.2, 0.25) is 0 Å². The van der Waals surface area contributed by atoms with Crippen LogP contribution in [0, 0.1) is 0 Å². The molecule has 0 bridgehead atoms. The molecule has 8 nitrogen and oxygen atoms in total. The monoisotopic (exact) mass is 370 g/mol. The van der Waals surface area contributed by atoms with Crippen LogP contribution in [0.25, 0.3) is 0 Å².